The lowest BCUT2D eigenvalue weighted by Gasteiger charge is -2.28. The number of aliphatic imine (C=N–C) groups is 1. The molecule has 0 spiro atoms. The van der Waals surface area contributed by atoms with Gasteiger partial charge in [0.25, 0.3) is 0 Å². The molecule has 2 rings (SSSR count). The summed E-state index contributed by atoms with van der Waals surface area (Å²) in [6, 6.07) is 3.98. The number of hydrogen-bond donors (Lipinski definition) is 2. The van der Waals surface area contributed by atoms with Gasteiger partial charge in [-0.05, 0) is 39.1 Å². The Balaban J connectivity index is 2.02. The summed E-state index contributed by atoms with van der Waals surface area (Å²) >= 11 is 0. The second kappa shape index (κ2) is 8.97. The Morgan fingerprint density at radius 1 is 1.21 bits per heavy atom. The number of hydrogen-bond acceptors (Lipinski definition) is 2. The highest BCUT2D eigenvalue weighted by atomic mass is 19.1. The zero-order valence-electron chi connectivity index (χ0n) is 14.8. The van der Waals surface area contributed by atoms with Crippen LogP contribution in [0.5, 0.6) is 0 Å². The summed E-state index contributed by atoms with van der Waals surface area (Å²) in [5.41, 5.74) is 0.0862. The average molecular weight is 338 g/mol. The first kappa shape index (κ1) is 18.6. The lowest BCUT2D eigenvalue weighted by molar-refractivity contribution is 0.282. The van der Waals surface area contributed by atoms with Crippen LogP contribution in [0, 0.1) is 11.6 Å². The van der Waals surface area contributed by atoms with Crippen LogP contribution in [-0.4, -0.2) is 44.6 Å². The van der Waals surface area contributed by atoms with Gasteiger partial charge in [0.2, 0.25) is 0 Å². The van der Waals surface area contributed by atoms with Crippen LogP contribution in [0.25, 0.3) is 0 Å². The molecule has 1 atom stereocenters. The summed E-state index contributed by atoms with van der Waals surface area (Å²) in [7, 11) is 5.34. The van der Waals surface area contributed by atoms with Gasteiger partial charge < -0.3 is 15.5 Å². The molecule has 134 valence electrons. The number of halogens is 2. The van der Waals surface area contributed by atoms with E-state index in [1.807, 2.05) is 19.0 Å². The van der Waals surface area contributed by atoms with Crippen LogP contribution < -0.4 is 10.6 Å². The van der Waals surface area contributed by atoms with Crippen LogP contribution in [0.2, 0.25) is 0 Å². The third-order valence-electron chi connectivity index (χ3n) is 4.59. The normalized spacial score (nSPS) is 17.8. The highest BCUT2D eigenvalue weighted by Crippen LogP contribution is 2.24. The molecule has 0 radical (unpaired) electrons. The number of rotatable bonds is 5. The topological polar surface area (TPSA) is 39.7 Å². The average Bonchev–Trinajstić information content (AvgIpc) is 2.56. The van der Waals surface area contributed by atoms with Crippen molar-refractivity contribution in [3.8, 4) is 0 Å². The maximum Gasteiger partial charge on any atom is 0.191 e. The van der Waals surface area contributed by atoms with Gasteiger partial charge in [-0.15, -0.1) is 0 Å². The van der Waals surface area contributed by atoms with Crippen molar-refractivity contribution < 1.29 is 8.78 Å². The zero-order chi connectivity index (χ0) is 17.5. The Labute approximate surface area is 143 Å². The quantitative estimate of drug-likeness (QED) is 0.640. The molecule has 1 aliphatic carbocycles. The first-order chi connectivity index (χ1) is 11.5. The van der Waals surface area contributed by atoms with Crippen molar-refractivity contribution in [3.63, 3.8) is 0 Å². The van der Waals surface area contributed by atoms with Crippen molar-refractivity contribution in [1.29, 1.82) is 0 Å². The van der Waals surface area contributed by atoms with Gasteiger partial charge in [-0.1, -0.05) is 25.3 Å². The van der Waals surface area contributed by atoms with E-state index in [-0.39, 0.29) is 5.56 Å². The van der Waals surface area contributed by atoms with Gasteiger partial charge in [0.05, 0.1) is 6.04 Å². The minimum Gasteiger partial charge on any atom is -0.354 e. The lowest BCUT2D eigenvalue weighted by Crippen LogP contribution is -2.46. The van der Waals surface area contributed by atoms with Crippen molar-refractivity contribution in [3.05, 3.63) is 35.4 Å². The summed E-state index contributed by atoms with van der Waals surface area (Å²) < 4.78 is 28.2. The van der Waals surface area contributed by atoms with Crippen molar-refractivity contribution in [2.24, 2.45) is 4.99 Å². The summed E-state index contributed by atoms with van der Waals surface area (Å²) in [5.74, 6) is -0.359. The van der Waals surface area contributed by atoms with Crippen LogP contribution >= 0.6 is 0 Å². The Morgan fingerprint density at radius 2 is 1.83 bits per heavy atom. The molecule has 1 aromatic rings. The fourth-order valence-corrected chi connectivity index (χ4v) is 3.20. The van der Waals surface area contributed by atoms with Gasteiger partial charge in [-0.25, -0.2) is 8.78 Å². The molecule has 1 saturated carbocycles. The molecule has 2 N–H and O–H groups in total. The summed E-state index contributed by atoms with van der Waals surface area (Å²) in [4.78, 5) is 6.05. The molecular formula is C18H28F2N4. The Kier molecular flexibility index (Phi) is 6.97. The van der Waals surface area contributed by atoms with E-state index in [9.17, 15) is 8.78 Å². The van der Waals surface area contributed by atoms with Crippen LogP contribution in [0.1, 0.15) is 43.7 Å². The second-order valence-corrected chi connectivity index (χ2v) is 6.55. The van der Waals surface area contributed by atoms with E-state index in [0.717, 1.165) is 12.8 Å². The summed E-state index contributed by atoms with van der Waals surface area (Å²) in [6.45, 7) is 0.372. The zero-order valence-corrected chi connectivity index (χ0v) is 14.8. The molecule has 1 unspecified atom stereocenters. The van der Waals surface area contributed by atoms with Crippen LogP contribution in [0.15, 0.2) is 23.2 Å². The minimum atomic E-state index is -0.522. The molecular weight excluding hydrogens is 310 g/mol. The Morgan fingerprint density at radius 3 is 2.38 bits per heavy atom. The monoisotopic (exact) mass is 338 g/mol. The highest BCUT2D eigenvalue weighted by Gasteiger charge is 2.23. The molecule has 0 saturated heterocycles. The molecule has 4 nitrogen and oxygen atoms in total. The number of guanidine groups is 1. The van der Waals surface area contributed by atoms with Crippen LogP contribution in [0.4, 0.5) is 8.78 Å². The van der Waals surface area contributed by atoms with Gasteiger partial charge in [0.15, 0.2) is 5.96 Å². The first-order valence-corrected chi connectivity index (χ1v) is 8.60. The predicted octanol–water partition coefficient (Wildman–Crippen LogP) is 3.07. The number of nitrogens with one attached hydrogen (secondary N) is 2. The van der Waals surface area contributed by atoms with Crippen LogP contribution in [-0.2, 0) is 0 Å². The molecule has 24 heavy (non-hydrogen) atoms. The number of benzene rings is 1. The third kappa shape index (κ3) is 4.90. The van der Waals surface area contributed by atoms with Crippen molar-refractivity contribution in [2.45, 2.75) is 44.2 Å². The maximum atomic E-state index is 14.1. The highest BCUT2D eigenvalue weighted by molar-refractivity contribution is 5.80. The van der Waals surface area contributed by atoms with Gasteiger partial charge in [0, 0.05) is 25.2 Å². The van der Waals surface area contributed by atoms with Crippen molar-refractivity contribution in [1.82, 2.24) is 15.5 Å². The fourth-order valence-electron chi connectivity index (χ4n) is 3.20. The lowest BCUT2D eigenvalue weighted by atomic mass is 9.96. The molecule has 0 aliphatic heterocycles. The molecule has 1 aromatic carbocycles. The molecule has 0 bridgehead atoms. The van der Waals surface area contributed by atoms with Gasteiger partial charge in [-0.3, -0.25) is 4.99 Å². The van der Waals surface area contributed by atoms with E-state index in [1.54, 1.807) is 7.05 Å². The molecule has 1 aliphatic rings. The smallest absolute Gasteiger partial charge is 0.191 e. The second-order valence-electron chi connectivity index (χ2n) is 6.55. The van der Waals surface area contributed by atoms with E-state index in [2.05, 4.69) is 15.6 Å². The standard InChI is InChI=1S/C18H28F2N4/c1-21-18(23-13-8-5-4-6-9-13)22-12-16(24(2)3)17-14(19)10-7-11-15(17)20/h7,10-11,13,16H,4-6,8-9,12H2,1-3H3,(H2,21,22,23). The van der Waals surface area contributed by atoms with E-state index in [1.165, 1.54) is 37.5 Å². The predicted molar refractivity (Wildman–Crippen MR) is 94.2 cm³/mol. The molecule has 0 heterocycles. The molecule has 0 aromatic heterocycles. The third-order valence-corrected chi connectivity index (χ3v) is 4.59. The molecule has 1 fully saturated rings. The fraction of sp³-hybridized carbons (Fsp3) is 0.611. The number of nitrogens with zero attached hydrogens (tertiary/aromatic N) is 2. The van der Waals surface area contributed by atoms with Crippen LogP contribution in [0.3, 0.4) is 0 Å². The molecule has 6 heteroatoms. The van der Waals surface area contributed by atoms with E-state index in [0.29, 0.717) is 18.5 Å². The maximum absolute atomic E-state index is 14.1. The van der Waals surface area contributed by atoms with Gasteiger partial charge in [-0.2, -0.15) is 0 Å². The first-order valence-electron chi connectivity index (χ1n) is 8.60. The van der Waals surface area contributed by atoms with Crippen molar-refractivity contribution >= 4 is 5.96 Å². The largest absolute Gasteiger partial charge is 0.354 e. The van der Waals surface area contributed by atoms with Crippen molar-refractivity contribution in [2.75, 3.05) is 27.7 Å². The molecule has 0 amide bonds. The summed E-state index contributed by atoms with van der Waals surface area (Å²) in [5, 5.41) is 6.63. The Bertz CT molecular complexity index is 534. The number of likely N-dealkylation sites (N-methyl/N-ethyl adjacent to an activating group) is 1. The SMILES string of the molecule is CN=C(NCC(c1c(F)cccc1F)N(C)C)NC1CCCCC1. The van der Waals surface area contributed by atoms with E-state index in [4.69, 9.17) is 0 Å². The minimum absolute atomic E-state index is 0.0862. The van der Waals surface area contributed by atoms with Gasteiger partial charge in [0.1, 0.15) is 11.6 Å². The van der Waals surface area contributed by atoms with E-state index < -0.39 is 17.7 Å². The van der Waals surface area contributed by atoms with Gasteiger partial charge >= 0.3 is 0 Å². The Hall–Kier alpha value is -1.69. The van der Waals surface area contributed by atoms with E-state index >= 15 is 0 Å². The summed E-state index contributed by atoms with van der Waals surface area (Å²) in [6.07, 6.45) is 6.03.